The molecule has 1 amide bonds. The van der Waals surface area contributed by atoms with Crippen molar-refractivity contribution in [2.45, 2.75) is 32.6 Å². The number of benzene rings is 1. The van der Waals surface area contributed by atoms with Crippen LogP contribution in [0.25, 0.3) is 0 Å². The maximum atomic E-state index is 12.4. The van der Waals surface area contributed by atoms with E-state index in [4.69, 9.17) is 11.2 Å². The molecule has 0 N–H and O–H groups in total. The summed E-state index contributed by atoms with van der Waals surface area (Å²) < 4.78 is 5.40. The molecule has 1 saturated heterocycles. The molecule has 1 aliphatic rings. The Hall–Kier alpha value is -1.79. The minimum absolute atomic E-state index is 0.229. The number of amides is 1. The second-order valence-electron chi connectivity index (χ2n) is 5.89. The normalized spacial score (nSPS) is 15.5. The summed E-state index contributed by atoms with van der Waals surface area (Å²) in [7, 11) is 0. The molecule has 0 unspecified atom stereocenters. The highest BCUT2D eigenvalue weighted by atomic mass is 16.5. The maximum Gasteiger partial charge on any atom is 0.226 e. The zero-order chi connectivity index (χ0) is 15.8. The number of carbonyl (C=O) groups is 1. The molecule has 0 aliphatic carbocycles. The standard InChI is InChI=1S/C19H25NO2/c1-3-13-22-15-18-9-11-20(12-10-18)19(21)14-17-7-5-16(4-2)6-8-17/h1,5-8,18H,4,9-15H2,2H3. The highest BCUT2D eigenvalue weighted by molar-refractivity contribution is 5.78. The third-order valence-corrected chi connectivity index (χ3v) is 4.29. The van der Waals surface area contributed by atoms with E-state index in [1.54, 1.807) is 0 Å². The predicted molar refractivity (Wildman–Crippen MR) is 88.5 cm³/mol. The van der Waals surface area contributed by atoms with Crippen LogP contribution in [0.1, 0.15) is 30.9 Å². The van der Waals surface area contributed by atoms with Gasteiger partial charge in [0, 0.05) is 13.1 Å². The highest BCUT2D eigenvalue weighted by Gasteiger charge is 2.22. The van der Waals surface area contributed by atoms with Crippen LogP contribution in [0.5, 0.6) is 0 Å². The van der Waals surface area contributed by atoms with E-state index in [2.05, 4.69) is 37.1 Å². The van der Waals surface area contributed by atoms with Crippen molar-refractivity contribution in [2.75, 3.05) is 26.3 Å². The Bertz CT molecular complexity index is 507. The molecule has 1 aromatic carbocycles. The molecule has 1 aromatic rings. The first-order valence-electron chi connectivity index (χ1n) is 8.09. The summed E-state index contributed by atoms with van der Waals surface area (Å²) in [6.07, 6.45) is 8.71. The molecule has 0 atom stereocenters. The topological polar surface area (TPSA) is 29.5 Å². The quantitative estimate of drug-likeness (QED) is 0.597. The van der Waals surface area contributed by atoms with Gasteiger partial charge in [-0.15, -0.1) is 6.42 Å². The van der Waals surface area contributed by atoms with E-state index in [0.717, 1.165) is 37.9 Å². The van der Waals surface area contributed by atoms with Crippen LogP contribution in [0.2, 0.25) is 0 Å². The lowest BCUT2D eigenvalue weighted by Gasteiger charge is -2.32. The molecular weight excluding hydrogens is 274 g/mol. The van der Waals surface area contributed by atoms with Crippen molar-refractivity contribution in [1.82, 2.24) is 4.90 Å². The summed E-state index contributed by atoms with van der Waals surface area (Å²) in [5.41, 5.74) is 2.41. The van der Waals surface area contributed by atoms with Gasteiger partial charge in [-0.1, -0.05) is 37.1 Å². The average molecular weight is 299 g/mol. The summed E-state index contributed by atoms with van der Waals surface area (Å²) in [5.74, 6) is 3.24. The van der Waals surface area contributed by atoms with Crippen LogP contribution in [0.4, 0.5) is 0 Å². The molecule has 118 valence electrons. The number of hydrogen-bond donors (Lipinski definition) is 0. The van der Waals surface area contributed by atoms with Gasteiger partial charge in [-0.25, -0.2) is 0 Å². The third kappa shape index (κ3) is 4.89. The van der Waals surface area contributed by atoms with Crippen LogP contribution in [0.3, 0.4) is 0 Å². The number of terminal acetylenes is 1. The monoisotopic (exact) mass is 299 g/mol. The van der Waals surface area contributed by atoms with Crippen LogP contribution < -0.4 is 0 Å². The van der Waals surface area contributed by atoms with Crippen molar-refractivity contribution < 1.29 is 9.53 Å². The number of nitrogens with zero attached hydrogens (tertiary/aromatic N) is 1. The Labute approximate surface area is 133 Å². The molecule has 1 aliphatic heterocycles. The first kappa shape index (κ1) is 16.6. The molecule has 3 nitrogen and oxygen atoms in total. The van der Waals surface area contributed by atoms with E-state index >= 15 is 0 Å². The van der Waals surface area contributed by atoms with Crippen LogP contribution in [-0.2, 0) is 22.4 Å². The molecule has 1 fully saturated rings. The molecule has 0 radical (unpaired) electrons. The van der Waals surface area contributed by atoms with Crippen LogP contribution >= 0.6 is 0 Å². The number of ether oxygens (including phenoxy) is 1. The molecule has 3 heteroatoms. The van der Waals surface area contributed by atoms with E-state index in [9.17, 15) is 4.79 Å². The molecule has 22 heavy (non-hydrogen) atoms. The molecular formula is C19H25NO2. The molecule has 2 rings (SSSR count). The lowest BCUT2D eigenvalue weighted by molar-refractivity contribution is -0.132. The second kappa shape index (κ2) is 8.60. The van der Waals surface area contributed by atoms with Crippen molar-refractivity contribution in [2.24, 2.45) is 5.92 Å². The van der Waals surface area contributed by atoms with Gasteiger partial charge in [0.25, 0.3) is 0 Å². The van der Waals surface area contributed by atoms with Crippen molar-refractivity contribution in [3.63, 3.8) is 0 Å². The lowest BCUT2D eigenvalue weighted by Crippen LogP contribution is -2.40. The van der Waals surface area contributed by atoms with Gasteiger partial charge < -0.3 is 9.64 Å². The summed E-state index contributed by atoms with van der Waals surface area (Å²) in [4.78, 5) is 14.3. The SMILES string of the molecule is C#CCOCC1CCN(C(=O)Cc2ccc(CC)cc2)CC1. The number of hydrogen-bond acceptors (Lipinski definition) is 2. The Balaban J connectivity index is 1.76. The molecule has 0 aromatic heterocycles. The number of carbonyl (C=O) groups excluding carboxylic acids is 1. The number of piperidine rings is 1. The van der Waals surface area contributed by atoms with Gasteiger partial charge in [-0.05, 0) is 36.3 Å². The summed E-state index contributed by atoms with van der Waals surface area (Å²) in [5, 5.41) is 0. The lowest BCUT2D eigenvalue weighted by atomic mass is 9.97. The van der Waals surface area contributed by atoms with Crippen LogP contribution in [0.15, 0.2) is 24.3 Å². The zero-order valence-electron chi connectivity index (χ0n) is 13.4. The van der Waals surface area contributed by atoms with Crippen molar-refractivity contribution in [1.29, 1.82) is 0 Å². The van der Waals surface area contributed by atoms with E-state index < -0.39 is 0 Å². The highest BCUT2D eigenvalue weighted by Crippen LogP contribution is 2.18. The van der Waals surface area contributed by atoms with Crippen molar-refractivity contribution >= 4 is 5.91 Å². The second-order valence-corrected chi connectivity index (χ2v) is 5.89. The van der Waals surface area contributed by atoms with Gasteiger partial charge in [0.15, 0.2) is 0 Å². The van der Waals surface area contributed by atoms with E-state index in [1.165, 1.54) is 5.56 Å². The van der Waals surface area contributed by atoms with Gasteiger partial charge in [-0.2, -0.15) is 0 Å². The van der Waals surface area contributed by atoms with E-state index in [-0.39, 0.29) is 5.91 Å². The van der Waals surface area contributed by atoms with Gasteiger partial charge in [0.1, 0.15) is 6.61 Å². The van der Waals surface area contributed by atoms with Crippen LogP contribution in [-0.4, -0.2) is 37.1 Å². The fraction of sp³-hybridized carbons (Fsp3) is 0.526. The number of rotatable bonds is 6. The molecule has 0 bridgehead atoms. The Morgan fingerprint density at radius 3 is 2.50 bits per heavy atom. The van der Waals surface area contributed by atoms with Crippen molar-refractivity contribution in [3.05, 3.63) is 35.4 Å². The van der Waals surface area contributed by atoms with Gasteiger partial charge in [-0.3, -0.25) is 4.79 Å². The van der Waals surface area contributed by atoms with Crippen LogP contribution in [0, 0.1) is 18.3 Å². The Morgan fingerprint density at radius 1 is 1.27 bits per heavy atom. The number of likely N-dealkylation sites (tertiary alicyclic amines) is 1. The smallest absolute Gasteiger partial charge is 0.226 e. The van der Waals surface area contributed by atoms with Gasteiger partial charge >= 0.3 is 0 Å². The van der Waals surface area contributed by atoms with E-state index in [1.807, 2.05) is 4.90 Å². The summed E-state index contributed by atoms with van der Waals surface area (Å²) in [6.45, 7) is 4.89. The Morgan fingerprint density at radius 2 is 1.91 bits per heavy atom. The minimum Gasteiger partial charge on any atom is -0.369 e. The van der Waals surface area contributed by atoms with Crippen molar-refractivity contribution in [3.8, 4) is 12.3 Å². The summed E-state index contributed by atoms with van der Waals surface area (Å²) in [6, 6.07) is 8.35. The van der Waals surface area contributed by atoms with E-state index in [0.29, 0.717) is 25.6 Å². The predicted octanol–water partition coefficient (Wildman–Crippen LogP) is 2.68. The molecule has 0 saturated carbocycles. The van der Waals surface area contributed by atoms with Gasteiger partial charge in [0.2, 0.25) is 5.91 Å². The Kier molecular flexibility index (Phi) is 6.48. The van der Waals surface area contributed by atoms with Gasteiger partial charge in [0.05, 0.1) is 13.0 Å². The average Bonchev–Trinajstić information content (AvgIpc) is 2.56. The third-order valence-electron chi connectivity index (χ3n) is 4.29. The first-order chi connectivity index (χ1) is 10.7. The minimum atomic E-state index is 0.229. The molecule has 0 spiro atoms. The fourth-order valence-corrected chi connectivity index (χ4v) is 2.81. The largest absolute Gasteiger partial charge is 0.369 e. The number of aryl methyl sites for hydroxylation is 1. The first-order valence-corrected chi connectivity index (χ1v) is 8.09. The molecule has 1 heterocycles. The maximum absolute atomic E-state index is 12.4. The fourth-order valence-electron chi connectivity index (χ4n) is 2.81. The zero-order valence-corrected chi connectivity index (χ0v) is 13.4. The summed E-state index contributed by atoms with van der Waals surface area (Å²) >= 11 is 0.